The summed E-state index contributed by atoms with van der Waals surface area (Å²) in [4.78, 5) is 12.4. The van der Waals surface area contributed by atoms with Crippen LogP contribution < -0.4 is 0 Å². The van der Waals surface area contributed by atoms with Crippen LogP contribution >= 0.6 is 15.9 Å². The van der Waals surface area contributed by atoms with Crippen LogP contribution in [0.5, 0.6) is 0 Å². The molecule has 0 aromatic rings. The number of aliphatic hydroxyl groups is 1. The highest BCUT2D eigenvalue weighted by Gasteiger charge is 2.58. The van der Waals surface area contributed by atoms with Crippen molar-refractivity contribution in [3.8, 4) is 0 Å². The van der Waals surface area contributed by atoms with Gasteiger partial charge >= 0.3 is 0 Å². The number of allylic oxidation sites excluding steroid dienone is 1. The maximum atomic E-state index is 15.0. The molecule has 7 unspecified atom stereocenters. The van der Waals surface area contributed by atoms with E-state index in [0.29, 0.717) is 47.6 Å². The number of alkyl halides is 1. The molecule has 25 heavy (non-hydrogen) atoms. The summed E-state index contributed by atoms with van der Waals surface area (Å²) in [7, 11) is 0. The highest BCUT2D eigenvalue weighted by atomic mass is 79.9. The summed E-state index contributed by atoms with van der Waals surface area (Å²) in [6.45, 7) is 4.15. The lowest BCUT2D eigenvalue weighted by Crippen LogP contribution is -2.48. The summed E-state index contributed by atoms with van der Waals surface area (Å²) in [5.74, 6) is 2.31. The minimum absolute atomic E-state index is 0.0595. The second-order valence-corrected chi connectivity index (χ2v) is 10.2. The van der Waals surface area contributed by atoms with E-state index in [-0.39, 0.29) is 17.2 Å². The monoisotopic (exact) mass is 412 g/mol. The third kappa shape index (κ3) is 2.77. The lowest BCUT2D eigenvalue weighted by Gasteiger charge is -2.54. The van der Waals surface area contributed by atoms with Crippen LogP contribution in [-0.4, -0.2) is 21.8 Å². The van der Waals surface area contributed by atoms with E-state index in [0.717, 1.165) is 44.1 Å². The topological polar surface area (TPSA) is 37.3 Å². The normalized spacial score (nSPS) is 49.4. The maximum absolute atomic E-state index is 15.0. The fourth-order valence-corrected chi connectivity index (χ4v) is 7.50. The fourth-order valence-electron chi connectivity index (χ4n) is 7.11. The van der Waals surface area contributed by atoms with Crippen LogP contribution in [0, 0.1) is 35.0 Å². The molecule has 3 fully saturated rings. The first-order valence-corrected chi connectivity index (χ1v) is 11.1. The third-order valence-electron chi connectivity index (χ3n) is 8.31. The molecule has 140 valence electrons. The first kappa shape index (κ1) is 18.2. The second-order valence-electron chi connectivity index (χ2n) is 9.66. The Morgan fingerprint density at radius 3 is 2.68 bits per heavy atom. The lowest BCUT2D eigenvalue weighted by molar-refractivity contribution is -0.126. The van der Waals surface area contributed by atoms with Crippen LogP contribution in [0.2, 0.25) is 0 Å². The first-order valence-electron chi connectivity index (χ1n) is 9.95. The minimum atomic E-state index is -0.736. The predicted octanol–water partition coefficient (Wildman–Crippen LogP) is 5.19. The predicted molar refractivity (Wildman–Crippen MR) is 100 cm³/mol. The van der Waals surface area contributed by atoms with E-state index >= 15 is 4.39 Å². The molecule has 4 aliphatic carbocycles. The highest BCUT2D eigenvalue weighted by molar-refractivity contribution is 9.09. The molecule has 0 saturated heterocycles. The van der Waals surface area contributed by atoms with Crippen molar-refractivity contribution in [1.82, 2.24) is 0 Å². The number of ketones is 1. The number of hydrogen-bond acceptors (Lipinski definition) is 2. The van der Waals surface area contributed by atoms with E-state index in [9.17, 15) is 9.90 Å². The number of carbonyl (C=O) groups is 1. The molecule has 0 spiro atoms. The van der Waals surface area contributed by atoms with E-state index in [1.807, 2.05) is 6.92 Å². The van der Waals surface area contributed by atoms with Crippen LogP contribution in [0.15, 0.2) is 11.4 Å². The van der Waals surface area contributed by atoms with Crippen LogP contribution in [0.4, 0.5) is 4.39 Å². The molecule has 0 aromatic carbocycles. The highest BCUT2D eigenvalue weighted by Crippen LogP contribution is 2.64. The zero-order valence-corrected chi connectivity index (χ0v) is 16.9. The number of Topliss-reactive ketones (excluding diaryl/α,β-unsaturated/α-hetero) is 1. The molecule has 4 aliphatic rings. The van der Waals surface area contributed by atoms with Gasteiger partial charge in [-0.25, -0.2) is 4.39 Å². The molecule has 3 saturated carbocycles. The number of hydrogen-bond donors (Lipinski definition) is 1. The van der Waals surface area contributed by atoms with Crippen molar-refractivity contribution < 1.29 is 14.3 Å². The van der Waals surface area contributed by atoms with Crippen LogP contribution in [0.3, 0.4) is 0 Å². The standard InChI is InChI=1S/C21H30BrFO2/c1-20(25)7-5-13-12-6-8-21(2)16(3-4-17(21)19(24)11-22)14(12)9-18(23)15(13)10-20/h12-14,16-17,25H,3-11H2,1-2H3. The van der Waals surface area contributed by atoms with Gasteiger partial charge in [0.05, 0.1) is 16.8 Å². The van der Waals surface area contributed by atoms with Crippen LogP contribution in [0.1, 0.15) is 65.2 Å². The summed E-state index contributed by atoms with van der Waals surface area (Å²) in [6, 6.07) is 0. The molecular weight excluding hydrogens is 383 g/mol. The molecule has 4 heteroatoms. The van der Waals surface area contributed by atoms with Gasteiger partial charge in [-0.3, -0.25) is 4.79 Å². The molecule has 0 bridgehead atoms. The van der Waals surface area contributed by atoms with Gasteiger partial charge in [-0.05, 0) is 86.5 Å². The van der Waals surface area contributed by atoms with Crippen molar-refractivity contribution in [3.05, 3.63) is 11.4 Å². The summed E-state index contributed by atoms with van der Waals surface area (Å²) in [5.41, 5.74) is 0.247. The maximum Gasteiger partial charge on any atom is 0.147 e. The average molecular weight is 413 g/mol. The van der Waals surface area contributed by atoms with Gasteiger partial charge in [0.15, 0.2) is 0 Å². The molecular formula is C21H30BrFO2. The van der Waals surface area contributed by atoms with Gasteiger partial charge in [0.1, 0.15) is 5.78 Å². The van der Waals surface area contributed by atoms with Gasteiger partial charge < -0.3 is 5.11 Å². The lowest BCUT2D eigenvalue weighted by atomic mass is 9.51. The Labute approximate surface area is 158 Å². The zero-order valence-electron chi connectivity index (χ0n) is 15.4. The number of rotatable bonds is 2. The second kappa shape index (κ2) is 6.15. The Kier molecular flexibility index (Phi) is 4.47. The first-order chi connectivity index (χ1) is 11.8. The van der Waals surface area contributed by atoms with Gasteiger partial charge in [0.2, 0.25) is 0 Å². The van der Waals surface area contributed by atoms with Crippen LogP contribution in [0.25, 0.3) is 0 Å². The summed E-state index contributed by atoms with van der Waals surface area (Å²) >= 11 is 3.36. The van der Waals surface area contributed by atoms with Crippen molar-refractivity contribution in [2.24, 2.45) is 35.0 Å². The van der Waals surface area contributed by atoms with Crippen molar-refractivity contribution >= 4 is 21.7 Å². The van der Waals surface area contributed by atoms with Gasteiger partial charge in [-0.15, -0.1) is 0 Å². The Morgan fingerprint density at radius 2 is 1.96 bits per heavy atom. The van der Waals surface area contributed by atoms with E-state index in [2.05, 4.69) is 22.9 Å². The van der Waals surface area contributed by atoms with Gasteiger partial charge in [-0.2, -0.15) is 0 Å². The van der Waals surface area contributed by atoms with Gasteiger partial charge in [0, 0.05) is 12.3 Å². The average Bonchev–Trinajstić information content (AvgIpc) is 2.91. The largest absolute Gasteiger partial charge is 0.390 e. The van der Waals surface area contributed by atoms with Crippen molar-refractivity contribution in [1.29, 1.82) is 0 Å². The molecule has 0 heterocycles. The van der Waals surface area contributed by atoms with E-state index in [1.165, 1.54) is 0 Å². The molecule has 0 radical (unpaired) electrons. The Morgan fingerprint density at radius 1 is 1.20 bits per heavy atom. The SMILES string of the molecule is CC1(O)CCC2C(=C(F)CC3C2CCC2(C)C(C(=O)CBr)CCC32)C1. The van der Waals surface area contributed by atoms with Gasteiger partial charge in [-0.1, -0.05) is 22.9 Å². The summed E-state index contributed by atoms with van der Waals surface area (Å²) in [6.07, 6.45) is 7.04. The van der Waals surface area contributed by atoms with E-state index < -0.39 is 5.60 Å². The molecule has 2 nitrogen and oxygen atoms in total. The molecule has 0 aliphatic heterocycles. The third-order valence-corrected chi connectivity index (χ3v) is 8.86. The Hall–Kier alpha value is -0.220. The quantitative estimate of drug-likeness (QED) is 0.633. The number of carbonyl (C=O) groups excluding carboxylic acids is 1. The number of fused-ring (bicyclic) bond motifs is 5. The molecule has 0 aromatic heterocycles. The molecule has 0 amide bonds. The summed E-state index contributed by atoms with van der Waals surface area (Å²) in [5, 5.41) is 10.8. The van der Waals surface area contributed by atoms with E-state index in [4.69, 9.17) is 0 Å². The Bertz CT molecular complexity index is 613. The van der Waals surface area contributed by atoms with Crippen molar-refractivity contribution in [2.45, 2.75) is 70.8 Å². The fraction of sp³-hybridized carbons (Fsp3) is 0.857. The van der Waals surface area contributed by atoms with Crippen molar-refractivity contribution in [2.75, 3.05) is 5.33 Å². The minimum Gasteiger partial charge on any atom is -0.390 e. The van der Waals surface area contributed by atoms with Gasteiger partial charge in [0.25, 0.3) is 0 Å². The van der Waals surface area contributed by atoms with Crippen LogP contribution in [-0.2, 0) is 4.79 Å². The zero-order chi connectivity index (χ0) is 18.0. The molecule has 4 rings (SSSR count). The summed E-state index contributed by atoms with van der Waals surface area (Å²) < 4.78 is 15.0. The molecule has 7 atom stereocenters. The smallest absolute Gasteiger partial charge is 0.147 e. The molecule has 1 N–H and O–H groups in total. The Balaban J connectivity index is 1.63. The van der Waals surface area contributed by atoms with Crippen molar-refractivity contribution in [3.63, 3.8) is 0 Å². The van der Waals surface area contributed by atoms with E-state index in [1.54, 1.807) is 0 Å². The number of halogens is 2.